The Labute approximate surface area is 218 Å². The van der Waals surface area contributed by atoms with Crippen LogP contribution >= 0.6 is 0 Å². The minimum Gasteiger partial charge on any atom is -0.481 e. The first-order chi connectivity index (χ1) is 17.6. The first kappa shape index (κ1) is 27.0. The lowest BCUT2D eigenvalue weighted by Gasteiger charge is -2.38. The maximum absolute atomic E-state index is 13.9. The van der Waals surface area contributed by atoms with Gasteiger partial charge in [0.15, 0.2) is 0 Å². The summed E-state index contributed by atoms with van der Waals surface area (Å²) in [5.74, 6) is -2.47. The van der Waals surface area contributed by atoms with E-state index in [2.05, 4.69) is 22.9 Å². The Morgan fingerprint density at radius 1 is 1.11 bits per heavy atom. The standard InChI is InChI=1S/C28H39N3O6/c1-28(2,3)37-27(35)30-15-19(14-20(16-30)26(33)34)25(32)31(22-10-11-22)18-21-17-29(12-7-13-36-4)24-9-6-5-8-23(21)24/h5-6,8-9,17,19-20,22H,7,10-16,18H2,1-4H3,(H,33,34)/t19-,20+/m1/s1. The van der Waals surface area contributed by atoms with Gasteiger partial charge in [0.25, 0.3) is 0 Å². The molecule has 9 nitrogen and oxygen atoms in total. The molecular formula is C28H39N3O6. The zero-order chi connectivity index (χ0) is 26.7. The summed E-state index contributed by atoms with van der Waals surface area (Å²) in [5.41, 5.74) is 1.49. The number of nitrogens with zero attached hydrogens (tertiary/aromatic N) is 3. The third kappa shape index (κ3) is 6.63. The van der Waals surface area contributed by atoms with Crippen LogP contribution in [0.25, 0.3) is 10.9 Å². The Bertz CT molecular complexity index is 1130. The van der Waals surface area contributed by atoms with Gasteiger partial charge >= 0.3 is 12.1 Å². The molecule has 1 aromatic heterocycles. The first-order valence-electron chi connectivity index (χ1n) is 13.1. The molecule has 2 aliphatic rings. The van der Waals surface area contributed by atoms with Crippen LogP contribution in [0.15, 0.2) is 30.5 Å². The van der Waals surface area contributed by atoms with E-state index in [0.717, 1.165) is 42.3 Å². The van der Waals surface area contributed by atoms with Crippen LogP contribution < -0.4 is 0 Å². The molecule has 0 spiro atoms. The predicted molar refractivity (Wildman–Crippen MR) is 139 cm³/mol. The molecular weight excluding hydrogens is 474 g/mol. The van der Waals surface area contributed by atoms with Gasteiger partial charge in [0.1, 0.15) is 5.60 Å². The van der Waals surface area contributed by atoms with Crippen molar-refractivity contribution < 1.29 is 29.0 Å². The number of para-hydroxylation sites is 1. The number of piperidine rings is 1. The lowest BCUT2D eigenvalue weighted by atomic mass is 9.88. The van der Waals surface area contributed by atoms with Gasteiger partial charge < -0.3 is 28.9 Å². The summed E-state index contributed by atoms with van der Waals surface area (Å²) in [5, 5.41) is 10.9. The molecule has 0 bridgehead atoms. The maximum atomic E-state index is 13.9. The van der Waals surface area contributed by atoms with Gasteiger partial charge in [-0.2, -0.15) is 0 Å². The van der Waals surface area contributed by atoms with Crippen LogP contribution in [0.4, 0.5) is 4.79 Å². The Balaban J connectivity index is 1.56. The highest BCUT2D eigenvalue weighted by Gasteiger charge is 2.43. The number of carbonyl (C=O) groups is 3. The fourth-order valence-corrected chi connectivity index (χ4v) is 5.14. The molecule has 1 saturated heterocycles. The molecule has 2 atom stereocenters. The zero-order valence-electron chi connectivity index (χ0n) is 22.3. The molecule has 1 aliphatic heterocycles. The number of methoxy groups -OCH3 is 1. The van der Waals surface area contributed by atoms with Crippen molar-refractivity contribution in [3.63, 3.8) is 0 Å². The third-order valence-electron chi connectivity index (χ3n) is 7.03. The summed E-state index contributed by atoms with van der Waals surface area (Å²) in [6, 6.07) is 8.33. The van der Waals surface area contributed by atoms with Crippen molar-refractivity contribution in [2.75, 3.05) is 26.8 Å². The van der Waals surface area contributed by atoms with Gasteiger partial charge in [-0.25, -0.2) is 4.79 Å². The highest BCUT2D eigenvalue weighted by Crippen LogP contribution is 2.34. The van der Waals surface area contributed by atoms with Crippen LogP contribution in [-0.4, -0.2) is 75.9 Å². The number of likely N-dealkylation sites (tertiary alicyclic amines) is 1. The minimum absolute atomic E-state index is 0.0480. The molecule has 1 saturated carbocycles. The van der Waals surface area contributed by atoms with Gasteiger partial charge in [-0.05, 0) is 58.1 Å². The van der Waals surface area contributed by atoms with E-state index < -0.39 is 29.5 Å². The number of ether oxygens (including phenoxy) is 2. The number of aromatic nitrogens is 1. The number of carboxylic acids is 1. The Hall–Kier alpha value is -3.07. The molecule has 0 unspecified atom stereocenters. The van der Waals surface area contributed by atoms with Crippen molar-refractivity contribution in [2.45, 2.75) is 71.2 Å². The van der Waals surface area contributed by atoms with Crippen LogP contribution in [-0.2, 0) is 32.2 Å². The molecule has 2 heterocycles. The number of carbonyl (C=O) groups excluding carboxylic acids is 2. The summed E-state index contributed by atoms with van der Waals surface area (Å²) in [7, 11) is 1.70. The van der Waals surface area contributed by atoms with Crippen molar-refractivity contribution in [3.8, 4) is 0 Å². The third-order valence-corrected chi connectivity index (χ3v) is 7.03. The van der Waals surface area contributed by atoms with Crippen molar-refractivity contribution in [2.24, 2.45) is 11.8 Å². The zero-order valence-corrected chi connectivity index (χ0v) is 22.3. The molecule has 2 fully saturated rings. The quantitative estimate of drug-likeness (QED) is 0.506. The molecule has 37 heavy (non-hydrogen) atoms. The van der Waals surface area contributed by atoms with E-state index in [4.69, 9.17) is 9.47 Å². The number of rotatable bonds is 9. The van der Waals surface area contributed by atoms with Gasteiger partial charge in [-0.15, -0.1) is 0 Å². The molecule has 2 aromatic rings. The SMILES string of the molecule is COCCCn1cc(CN(C(=O)[C@@H]2C[C@H](C(=O)O)CN(C(=O)OC(C)(C)C)C2)C2CC2)c2ccccc21. The second-order valence-corrected chi connectivity index (χ2v) is 11.3. The Kier molecular flexibility index (Phi) is 8.11. The van der Waals surface area contributed by atoms with Crippen molar-refractivity contribution in [1.82, 2.24) is 14.4 Å². The van der Waals surface area contributed by atoms with Gasteiger partial charge in [0, 0.05) is 63.0 Å². The van der Waals surface area contributed by atoms with E-state index in [1.165, 1.54) is 4.90 Å². The Morgan fingerprint density at radius 3 is 2.46 bits per heavy atom. The summed E-state index contributed by atoms with van der Waals surface area (Å²) < 4.78 is 12.9. The fraction of sp³-hybridized carbons (Fsp3) is 0.607. The van der Waals surface area contributed by atoms with E-state index in [-0.39, 0.29) is 31.5 Å². The van der Waals surface area contributed by atoms with Crippen molar-refractivity contribution in [3.05, 3.63) is 36.0 Å². The van der Waals surface area contributed by atoms with Gasteiger partial charge in [0.05, 0.1) is 11.8 Å². The largest absolute Gasteiger partial charge is 0.481 e. The molecule has 0 radical (unpaired) electrons. The topological polar surface area (TPSA) is 101 Å². The van der Waals surface area contributed by atoms with Crippen LogP contribution in [0.3, 0.4) is 0 Å². The molecule has 4 rings (SSSR count). The maximum Gasteiger partial charge on any atom is 0.410 e. The monoisotopic (exact) mass is 513 g/mol. The molecule has 9 heteroatoms. The number of amides is 2. The number of aryl methyl sites for hydroxylation is 1. The second-order valence-electron chi connectivity index (χ2n) is 11.3. The van der Waals surface area contributed by atoms with Crippen LogP contribution in [0.5, 0.6) is 0 Å². The van der Waals surface area contributed by atoms with Crippen LogP contribution in [0.2, 0.25) is 0 Å². The molecule has 1 N–H and O–H groups in total. The second kappa shape index (κ2) is 11.1. The lowest BCUT2D eigenvalue weighted by Crippen LogP contribution is -2.52. The molecule has 2 amide bonds. The van der Waals surface area contributed by atoms with Gasteiger partial charge in [-0.1, -0.05) is 18.2 Å². The van der Waals surface area contributed by atoms with Gasteiger partial charge in [0.2, 0.25) is 5.91 Å². The summed E-state index contributed by atoms with van der Waals surface area (Å²) in [6.07, 6.45) is 4.52. The Morgan fingerprint density at radius 2 is 1.81 bits per heavy atom. The summed E-state index contributed by atoms with van der Waals surface area (Å²) in [4.78, 5) is 41.9. The first-order valence-corrected chi connectivity index (χ1v) is 13.1. The molecule has 1 aliphatic carbocycles. The minimum atomic E-state index is -0.997. The van der Waals surface area contributed by atoms with Crippen molar-refractivity contribution >= 4 is 28.9 Å². The van der Waals surface area contributed by atoms with E-state index in [1.807, 2.05) is 17.0 Å². The number of fused-ring (bicyclic) bond motifs is 1. The number of aliphatic carboxylic acids is 1. The van der Waals surface area contributed by atoms with E-state index in [9.17, 15) is 19.5 Å². The highest BCUT2D eigenvalue weighted by molar-refractivity contribution is 5.86. The number of hydrogen-bond donors (Lipinski definition) is 1. The normalized spacial score (nSPS) is 20.2. The number of benzene rings is 1. The summed E-state index contributed by atoms with van der Waals surface area (Å²) >= 11 is 0. The lowest BCUT2D eigenvalue weighted by molar-refractivity contribution is -0.147. The predicted octanol–water partition coefficient (Wildman–Crippen LogP) is 4.13. The van der Waals surface area contributed by atoms with E-state index >= 15 is 0 Å². The number of carboxylic acid groups (broad SMARTS) is 1. The average molecular weight is 514 g/mol. The summed E-state index contributed by atoms with van der Waals surface area (Å²) in [6.45, 7) is 7.48. The number of hydrogen-bond acceptors (Lipinski definition) is 5. The van der Waals surface area contributed by atoms with Crippen LogP contribution in [0, 0.1) is 11.8 Å². The van der Waals surface area contributed by atoms with Crippen LogP contribution in [0.1, 0.15) is 52.0 Å². The van der Waals surface area contributed by atoms with Crippen molar-refractivity contribution in [1.29, 1.82) is 0 Å². The van der Waals surface area contributed by atoms with E-state index in [0.29, 0.717) is 13.2 Å². The highest BCUT2D eigenvalue weighted by atomic mass is 16.6. The molecule has 202 valence electrons. The average Bonchev–Trinajstić information content (AvgIpc) is 3.63. The van der Waals surface area contributed by atoms with E-state index in [1.54, 1.807) is 27.9 Å². The smallest absolute Gasteiger partial charge is 0.410 e. The molecule has 1 aromatic carbocycles. The fourth-order valence-electron chi connectivity index (χ4n) is 5.14. The van der Waals surface area contributed by atoms with Gasteiger partial charge in [-0.3, -0.25) is 9.59 Å².